The first-order valence-corrected chi connectivity index (χ1v) is 10.3. The average Bonchev–Trinajstić information content (AvgIpc) is 2.80. The van der Waals surface area contributed by atoms with Crippen LogP contribution in [0.1, 0.15) is 35.5 Å². The van der Waals surface area contributed by atoms with E-state index in [1.165, 1.54) is 12.1 Å². The molecular weight excluding hydrogens is 389 g/mol. The van der Waals surface area contributed by atoms with Gasteiger partial charge in [0.25, 0.3) is 0 Å². The summed E-state index contributed by atoms with van der Waals surface area (Å²) in [5, 5.41) is 0. The molecule has 0 spiro atoms. The molecular formula is C26H24FN3O. The Balaban J connectivity index is 1.67. The van der Waals surface area contributed by atoms with Crippen molar-refractivity contribution < 1.29 is 9.13 Å². The largest absolute Gasteiger partial charge is 0.497 e. The van der Waals surface area contributed by atoms with Crippen molar-refractivity contribution in [3.63, 3.8) is 0 Å². The summed E-state index contributed by atoms with van der Waals surface area (Å²) in [7, 11) is 1.66. The van der Waals surface area contributed by atoms with Crippen LogP contribution in [0.5, 0.6) is 5.75 Å². The second kappa shape index (κ2) is 9.47. The van der Waals surface area contributed by atoms with Crippen LogP contribution in [0.4, 0.5) is 4.39 Å². The van der Waals surface area contributed by atoms with E-state index in [1.54, 1.807) is 25.7 Å². The molecule has 0 fully saturated rings. The van der Waals surface area contributed by atoms with Crippen LogP contribution in [-0.2, 0) is 12.8 Å². The number of rotatable bonds is 7. The fraction of sp³-hybridized carbons (Fsp3) is 0.192. The Morgan fingerprint density at radius 2 is 1.61 bits per heavy atom. The first-order chi connectivity index (χ1) is 15.1. The molecule has 0 aliphatic rings. The Morgan fingerprint density at radius 3 is 2.29 bits per heavy atom. The molecule has 0 unspecified atom stereocenters. The van der Waals surface area contributed by atoms with E-state index < -0.39 is 0 Å². The lowest BCUT2D eigenvalue weighted by Crippen LogP contribution is -2.04. The maximum atomic E-state index is 13.3. The lowest BCUT2D eigenvalue weighted by atomic mass is 9.94. The number of methoxy groups -OCH3 is 1. The van der Waals surface area contributed by atoms with E-state index in [2.05, 4.69) is 29.0 Å². The van der Waals surface area contributed by atoms with Gasteiger partial charge in [0.1, 0.15) is 11.6 Å². The van der Waals surface area contributed by atoms with Crippen LogP contribution in [0.15, 0.2) is 79.3 Å². The highest BCUT2D eigenvalue weighted by atomic mass is 19.1. The summed E-state index contributed by atoms with van der Waals surface area (Å²) in [6.45, 7) is 2.14. The normalized spacial score (nSPS) is 11.8. The summed E-state index contributed by atoms with van der Waals surface area (Å²) < 4.78 is 18.6. The van der Waals surface area contributed by atoms with Gasteiger partial charge in [0.2, 0.25) is 0 Å². The summed E-state index contributed by atoms with van der Waals surface area (Å²) in [6, 6.07) is 18.9. The quantitative estimate of drug-likeness (QED) is 0.394. The van der Waals surface area contributed by atoms with E-state index in [1.807, 2.05) is 36.4 Å². The van der Waals surface area contributed by atoms with Crippen molar-refractivity contribution in [1.82, 2.24) is 15.0 Å². The smallest absolute Gasteiger partial charge is 0.123 e. The Labute approximate surface area is 181 Å². The van der Waals surface area contributed by atoms with E-state index in [0.717, 1.165) is 45.9 Å². The van der Waals surface area contributed by atoms with Crippen LogP contribution in [-0.4, -0.2) is 22.1 Å². The van der Waals surface area contributed by atoms with E-state index in [4.69, 9.17) is 9.72 Å². The van der Waals surface area contributed by atoms with Gasteiger partial charge in [-0.25, -0.2) is 4.39 Å². The Bertz CT molecular complexity index is 1130. The molecule has 1 atom stereocenters. The highest BCUT2D eigenvalue weighted by molar-refractivity contribution is 5.65. The minimum atomic E-state index is -0.221. The second-order valence-electron chi connectivity index (χ2n) is 7.60. The fourth-order valence-electron chi connectivity index (χ4n) is 3.62. The number of pyridine rings is 1. The second-order valence-corrected chi connectivity index (χ2v) is 7.60. The van der Waals surface area contributed by atoms with Gasteiger partial charge in [-0.3, -0.25) is 15.0 Å². The zero-order valence-electron chi connectivity index (χ0n) is 17.6. The number of aromatic nitrogens is 3. The van der Waals surface area contributed by atoms with Gasteiger partial charge in [0.15, 0.2) is 0 Å². The van der Waals surface area contributed by atoms with E-state index >= 15 is 0 Å². The van der Waals surface area contributed by atoms with Crippen molar-refractivity contribution in [2.75, 3.05) is 7.11 Å². The summed E-state index contributed by atoms with van der Waals surface area (Å²) >= 11 is 0. The number of halogens is 1. The van der Waals surface area contributed by atoms with E-state index in [0.29, 0.717) is 6.42 Å². The zero-order chi connectivity index (χ0) is 21.6. The van der Waals surface area contributed by atoms with Crippen molar-refractivity contribution in [3.8, 4) is 16.9 Å². The monoisotopic (exact) mass is 413 g/mol. The summed E-state index contributed by atoms with van der Waals surface area (Å²) in [6.07, 6.45) is 6.49. The third-order valence-corrected chi connectivity index (χ3v) is 5.29. The van der Waals surface area contributed by atoms with Crippen molar-refractivity contribution >= 4 is 0 Å². The molecule has 0 bridgehead atoms. The van der Waals surface area contributed by atoms with Gasteiger partial charge in [-0.15, -0.1) is 0 Å². The maximum absolute atomic E-state index is 13.3. The van der Waals surface area contributed by atoms with Gasteiger partial charge in [0, 0.05) is 36.4 Å². The van der Waals surface area contributed by atoms with E-state index in [-0.39, 0.29) is 11.7 Å². The Kier molecular flexibility index (Phi) is 6.32. The molecule has 0 saturated carbocycles. The van der Waals surface area contributed by atoms with Crippen LogP contribution < -0.4 is 4.74 Å². The first kappa shape index (κ1) is 20.7. The summed E-state index contributed by atoms with van der Waals surface area (Å²) in [5.74, 6) is 0.813. The molecule has 0 radical (unpaired) electrons. The summed E-state index contributed by atoms with van der Waals surface area (Å²) in [5.41, 5.74) is 6.09. The van der Waals surface area contributed by atoms with Gasteiger partial charge >= 0.3 is 0 Å². The van der Waals surface area contributed by atoms with Crippen LogP contribution >= 0.6 is 0 Å². The van der Waals surface area contributed by atoms with Gasteiger partial charge in [-0.05, 0) is 65.4 Å². The molecule has 4 aromatic rings. The lowest BCUT2D eigenvalue weighted by Gasteiger charge is -2.14. The Morgan fingerprint density at radius 1 is 0.871 bits per heavy atom. The third-order valence-electron chi connectivity index (χ3n) is 5.29. The van der Waals surface area contributed by atoms with Crippen LogP contribution in [0.25, 0.3) is 11.1 Å². The minimum absolute atomic E-state index is 0.212. The van der Waals surface area contributed by atoms with Gasteiger partial charge in [-0.2, -0.15) is 0 Å². The minimum Gasteiger partial charge on any atom is -0.497 e. The molecule has 0 aliphatic heterocycles. The number of benzene rings is 2. The van der Waals surface area contributed by atoms with Crippen molar-refractivity contribution in [3.05, 3.63) is 108 Å². The van der Waals surface area contributed by atoms with Crippen molar-refractivity contribution in [1.29, 1.82) is 0 Å². The van der Waals surface area contributed by atoms with E-state index in [9.17, 15) is 4.39 Å². The molecule has 0 saturated heterocycles. The number of nitrogens with zero attached hydrogens (tertiary/aromatic N) is 3. The lowest BCUT2D eigenvalue weighted by molar-refractivity contribution is 0.415. The highest BCUT2D eigenvalue weighted by Crippen LogP contribution is 2.27. The molecule has 0 aliphatic carbocycles. The Hall–Kier alpha value is -3.60. The number of ether oxygens (including phenoxy) is 1. The molecule has 5 heteroatoms. The molecule has 31 heavy (non-hydrogen) atoms. The maximum Gasteiger partial charge on any atom is 0.123 e. The first-order valence-electron chi connectivity index (χ1n) is 10.3. The molecule has 156 valence electrons. The summed E-state index contributed by atoms with van der Waals surface area (Å²) in [4.78, 5) is 13.5. The molecule has 2 heterocycles. The fourth-order valence-corrected chi connectivity index (χ4v) is 3.62. The SMILES string of the molecule is COc1ccc(-c2cc(Cc3cnccn3)nc(C[C@@H](C)c3ccc(F)cc3)c2)cc1. The topological polar surface area (TPSA) is 47.9 Å². The molecule has 4 rings (SSSR count). The highest BCUT2D eigenvalue weighted by Gasteiger charge is 2.12. The number of hydrogen-bond acceptors (Lipinski definition) is 4. The van der Waals surface area contributed by atoms with Gasteiger partial charge in [0.05, 0.1) is 12.8 Å². The third kappa shape index (κ3) is 5.31. The average molecular weight is 413 g/mol. The number of hydrogen-bond donors (Lipinski definition) is 0. The van der Waals surface area contributed by atoms with Crippen LogP contribution in [0.2, 0.25) is 0 Å². The van der Waals surface area contributed by atoms with Crippen LogP contribution in [0, 0.1) is 5.82 Å². The standard InChI is InChI=1S/C26H24FN3O/c1-18(19-3-7-22(27)8-4-19)13-23-14-21(20-5-9-26(31-2)10-6-20)15-24(30-23)16-25-17-28-11-12-29-25/h3-12,14-15,17-18H,13,16H2,1-2H3/t18-/m1/s1. The predicted molar refractivity (Wildman–Crippen MR) is 120 cm³/mol. The van der Waals surface area contributed by atoms with Gasteiger partial charge in [-0.1, -0.05) is 31.2 Å². The molecule has 0 amide bonds. The molecule has 2 aromatic carbocycles. The van der Waals surface area contributed by atoms with Crippen molar-refractivity contribution in [2.45, 2.75) is 25.7 Å². The van der Waals surface area contributed by atoms with Crippen molar-refractivity contribution in [2.24, 2.45) is 0 Å². The van der Waals surface area contributed by atoms with Gasteiger partial charge < -0.3 is 4.74 Å². The predicted octanol–water partition coefficient (Wildman–Crippen LogP) is 5.62. The van der Waals surface area contributed by atoms with Crippen LogP contribution in [0.3, 0.4) is 0 Å². The molecule has 4 nitrogen and oxygen atoms in total. The molecule has 0 N–H and O–H groups in total. The molecule has 2 aromatic heterocycles. The zero-order valence-corrected chi connectivity index (χ0v) is 17.6.